The Morgan fingerprint density at radius 3 is 2.67 bits per heavy atom. The van der Waals surface area contributed by atoms with Crippen LogP contribution in [0.25, 0.3) is 0 Å². The van der Waals surface area contributed by atoms with E-state index in [-0.39, 0.29) is 11.4 Å². The fraction of sp³-hybridized carbons (Fsp3) is 0.250. The minimum atomic E-state index is -0.793. The Balaban J connectivity index is 3.09. The minimum Gasteiger partial charge on any atom is -0.491 e. The van der Waals surface area contributed by atoms with Gasteiger partial charge in [0.15, 0.2) is 5.82 Å². The summed E-state index contributed by atoms with van der Waals surface area (Å²) in [6.45, 7) is 2.04. The van der Waals surface area contributed by atoms with E-state index in [0.717, 1.165) is 12.1 Å². The van der Waals surface area contributed by atoms with Crippen molar-refractivity contribution in [3.8, 4) is 5.75 Å². The van der Waals surface area contributed by atoms with Crippen molar-refractivity contribution in [1.82, 2.24) is 0 Å². The molecule has 2 nitrogen and oxygen atoms in total. The number of ether oxygens (including phenoxy) is 1. The highest BCUT2D eigenvalue weighted by Gasteiger charge is 2.07. The zero-order chi connectivity index (χ0) is 9.14. The quantitative estimate of drug-likeness (QED) is 0.693. The van der Waals surface area contributed by atoms with Crippen LogP contribution in [-0.2, 0) is 0 Å². The molecule has 0 bridgehead atoms. The van der Waals surface area contributed by atoms with Crippen LogP contribution >= 0.6 is 0 Å². The van der Waals surface area contributed by atoms with Gasteiger partial charge in [-0.05, 0) is 6.92 Å². The first-order valence-electron chi connectivity index (χ1n) is 3.52. The van der Waals surface area contributed by atoms with Gasteiger partial charge in [0.1, 0.15) is 17.3 Å². The molecule has 0 aliphatic rings. The highest BCUT2D eigenvalue weighted by molar-refractivity contribution is 5.53. The van der Waals surface area contributed by atoms with Gasteiger partial charge >= 0.3 is 0 Å². The fourth-order valence-corrected chi connectivity index (χ4v) is 0.836. The molecule has 0 aromatic heterocycles. The Kier molecular flexibility index (Phi) is 2.47. The van der Waals surface area contributed by atoms with Gasteiger partial charge in [0.2, 0.25) is 0 Å². The summed E-state index contributed by atoms with van der Waals surface area (Å²) in [5, 5.41) is 0. The first kappa shape index (κ1) is 8.77. The molecule has 1 rings (SSSR count). The second kappa shape index (κ2) is 3.38. The van der Waals surface area contributed by atoms with Crippen molar-refractivity contribution >= 4 is 5.69 Å². The molecule has 0 aliphatic carbocycles. The van der Waals surface area contributed by atoms with Gasteiger partial charge in [0.25, 0.3) is 0 Å². The maximum atomic E-state index is 12.7. The summed E-state index contributed by atoms with van der Waals surface area (Å²) >= 11 is 0. The SMILES string of the molecule is CCOc1cc(F)cc(F)c1N. The fourth-order valence-electron chi connectivity index (χ4n) is 0.836. The maximum Gasteiger partial charge on any atom is 0.152 e. The van der Waals surface area contributed by atoms with Crippen LogP contribution < -0.4 is 10.5 Å². The van der Waals surface area contributed by atoms with Crippen LogP contribution in [0, 0.1) is 11.6 Å². The molecule has 0 amide bonds. The number of halogens is 2. The second-order valence-corrected chi connectivity index (χ2v) is 2.23. The summed E-state index contributed by atoms with van der Waals surface area (Å²) in [6, 6.07) is 1.78. The zero-order valence-electron chi connectivity index (χ0n) is 6.60. The number of nitrogens with two attached hydrogens (primary N) is 1. The second-order valence-electron chi connectivity index (χ2n) is 2.23. The lowest BCUT2D eigenvalue weighted by Crippen LogP contribution is -2.00. The van der Waals surface area contributed by atoms with E-state index in [1.807, 2.05) is 0 Å². The number of rotatable bonds is 2. The van der Waals surface area contributed by atoms with E-state index in [0.29, 0.717) is 6.61 Å². The van der Waals surface area contributed by atoms with Crippen LogP contribution in [0.5, 0.6) is 5.75 Å². The number of anilines is 1. The van der Waals surface area contributed by atoms with Gasteiger partial charge in [0.05, 0.1) is 6.61 Å². The first-order valence-corrected chi connectivity index (χ1v) is 3.52. The predicted octanol–water partition coefficient (Wildman–Crippen LogP) is 1.95. The van der Waals surface area contributed by atoms with Crippen molar-refractivity contribution in [2.75, 3.05) is 12.3 Å². The van der Waals surface area contributed by atoms with Crippen molar-refractivity contribution in [2.24, 2.45) is 0 Å². The summed E-state index contributed by atoms with van der Waals surface area (Å²) in [5.74, 6) is -1.43. The summed E-state index contributed by atoms with van der Waals surface area (Å²) < 4.78 is 30.2. The molecule has 0 saturated heterocycles. The summed E-state index contributed by atoms with van der Waals surface area (Å²) in [6.07, 6.45) is 0. The average Bonchev–Trinajstić information content (AvgIpc) is 2.00. The third-order valence-electron chi connectivity index (χ3n) is 1.36. The first-order chi connectivity index (χ1) is 5.65. The molecule has 0 aliphatic heterocycles. The van der Waals surface area contributed by atoms with Gasteiger partial charge in [-0.25, -0.2) is 8.78 Å². The van der Waals surface area contributed by atoms with E-state index < -0.39 is 11.6 Å². The van der Waals surface area contributed by atoms with E-state index >= 15 is 0 Å². The number of hydrogen-bond acceptors (Lipinski definition) is 2. The minimum absolute atomic E-state index is 0.0509. The van der Waals surface area contributed by atoms with Crippen LogP contribution in [0.2, 0.25) is 0 Å². The van der Waals surface area contributed by atoms with E-state index in [1.54, 1.807) is 6.92 Å². The van der Waals surface area contributed by atoms with Gasteiger partial charge in [-0.3, -0.25) is 0 Å². The Labute approximate surface area is 68.9 Å². The average molecular weight is 173 g/mol. The van der Waals surface area contributed by atoms with Crippen molar-refractivity contribution in [3.63, 3.8) is 0 Å². The molecule has 0 fully saturated rings. The Morgan fingerprint density at radius 1 is 1.42 bits per heavy atom. The highest BCUT2D eigenvalue weighted by Crippen LogP contribution is 2.25. The summed E-state index contributed by atoms with van der Waals surface area (Å²) in [4.78, 5) is 0. The molecule has 4 heteroatoms. The lowest BCUT2D eigenvalue weighted by Gasteiger charge is -2.06. The van der Waals surface area contributed by atoms with Gasteiger partial charge in [-0.2, -0.15) is 0 Å². The molecule has 0 unspecified atom stereocenters. The summed E-state index contributed by atoms with van der Waals surface area (Å²) in [5.41, 5.74) is 5.12. The molecule has 0 atom stereocenters. The largest absolute Gasteiger partial charge is 0.491 e. The normalized spacial score (nSPS) is 9.92. The van der Waals surface area contributed by atoms with Gasteiger partial charge < -0.3 is 10.5 Å². The monoisotopic (exact) mass is 173 g/mol. The third-order valence-corrected chi connectivity index (χ3v) is 1.36. The van der Waals surface area contributed by atoms with E-state index in [1.165, 1.54) is 0 Å². The molecule has 1 aromatic rings. The lowest BCUT2D eigenvalue weighted by molar-refractivity contribution is 0.338. The highest BCUT2D eigenvalue weighted by atomic mass is 19.1. The zero-order valence-corrected chi connectivity index (χ0v) is 6.60. The van der Waals surface area contributed by atoms with E-state index in [9.17, 15) is 8.78 Å². The summed E-state index contributed by atoms with van der Waals surface area (Å²) in [7, 11) is 0. The van der Waals surface area contributed by atoms with E-state index in [2.05, 4.69) is 0 Å². The molecule has 0 radical (unpaired) electrons. The lowest BCUT2D eigenvalue weighted by atomic mass is 10.3. The molecule has 1 aromatic carbocycles. The van der Waals surface area contributed by atoms with Gasteiger partial charge in [-0.1, -0.05) is 0 Å². The predicted molar refractivity (Wildman–Crippen MR) is 41.9 cm³/mol. The Morgan fingerprint density at radius 2 is 2.08 bits per heavy atom. The van der Waals surface area contributed by atoms with Crippen LogP contribution in [0.4, 0.5) is 14.5 Å². The number of hydrogen-bond donors (Lipinski definition) is 1. The smallest absolute Gasteiger partial charge is 0.152 e. The molecule has 66 valence electrons. The van der Waals surface area contributed by atoms with E-state index in [4.69, 9.17) is 10.5 Å². The van der Waals surface area contributed by atoms with Crippen molar-refractivity contribution in [3.05, 3.63) is 23.8 Å². The van der Waals surface area contributed by atoms with Crippen molar-refractivity contribution in [1.29, 1.82) is 0 Å². The topological polar surface area (TPSA) is 35.2 Å². The molecule has 12 heavy (non-hydrogen) atoms. The molecule has 0 spiro atoms. The van der Waals surface area contributed by atoms with Crippen LogP contribution in [0.1, 0.15) is 6.92 Å². The Hall–Kier alpha value is -1.32. The molecular weight excluding hydrogens is 164 g/mol. The molecule has 0 heterocycles. The molecular formula is C8H9F2NO. The van der Waals surface area contributed by atoms with Crippen LogP contribution in [0.3, 0.4) is 0 Å². The van der Waals surface area contributed by atoms with Crippen LogP contribution in [-0.4, -0.2) is 6.61 Å². The third kappa shape index (κ3) is 1.64. The molecule has 2 N–H and O–H groups in total. The number of nitrogen functional groups attached to an aromatic ring is 1. The van der Waals surface area contributed by atoms with Crippen molar-refractivity contribution < 1.29 is 13.5 Å². The van der Waals surface area contributed by atoms with Gasteiger partial charge in [-0.15, -0.1) is 0 Å². The maximum absolute atomic E-state index is 12.7. The van der Waals surface area contributed by atoms with Crippen molar-refractivity contribution in [2.45, 2.75) is 6.92 Å². The van der Waals surface area contributed by atoms with Gasteiger partial charge in [0, 0.05) is 12.1 Å². The molecule has 0 saturated carbocycles. The Bertz CT molecular complexity index is 289. The van der Waals surface area contributed by atoms with Crippen LogP contribution in [0.15, 0.2) is 12.1 Å². The number of benzene rings is 1. The standard InChI is InChI=1S/C8H9F2NO/c1-2-12-7-4-5(9)3-6(10)8(7)11/h3-4H,2,11H2,1H3.